The average Bonchev–Trinajstić information content (AvgIpc) is 3.45. The Labute approximate surface area is 187 Å². The number of alkyl halides is 3. The Bertz CT molecular complexity index is 1200. The fraction of sp³-hybridized carbons (Fsp3) is 0.105. The van der Waals surface area contributed by atoms with Gasteiger partial charge in [0, 0.05) is 5.69 Å². The molecule has 0 unspecified atom stereocenters. The second-order valence-electron chi connectivity index (χ2n) is 6.27. The Morgan fingerprint density at radius 2 is 1.94 bits per heavy atom. The lowest BCUT2D eigenvalue weighted by atomic mass is 10.1. The van der Waals surface area contributed by atoms with Gasteiger partial charge in [-0.2, -0.15) is 18.3 Å². The molecule has 0 fully saturated rings. The molecule has 0 aliphatic rings. The maximum atomic E-state index is 13.1. The van der Waals surface area contributed by atoms with Gasteiger partial charge in [0.1, 0.15) is 12.7 Å². The van der Waals surface area contributed by atoms with Crippen molar-refractivity contribution in [3.8, 4) is 5.69 Å². The number of carbonyl (C=O) groups excluding carboxylic acids is 1. The van der Waals surface area contributed by atoms with Gasteiger partial charge in [0.2, 0.25) is 11.0 Å². The van der Waals surface area contributed by atoms with E-state index >= 15 is 0 Å². The van der Waals surface area contributed by atoms with E-state index in [2.05, 4.69) is 30.9 Å². The molecule has 0 saturated heterocycles. The van der Waals surface area contributed by atoms with E-state index in [-0.39, 0.29) is 17.1 Å². The van der Waals surface area contributed by atoms with E-state index in [1.807, 2.05) is 30.3 Å². The van der Waals surface area contributed by atoms with Crippen LogP contribution in [0.1, 0.15) is 5.56 Å². The number of aromatic nitrogens is 5. The largest absolute Gasteiger partial charge is 0.416 e. The van der Waals surface area contributed by atoms with Gasteiger partial charge in [0.05, 0.1) is 22.7 Å². The maximum absolute atomic E-state index is 13.1. The van der Waals surface area contributed by atoms with Crippen LogP contribution in [0, 0.1) is 0 Å². The minimum absolute atomic E-state index is 0.0281. The number of thioether (sulfide) groups is 1. The molecule has 0 saturated carbocycles. The normalized spacial score (nSPS) is 11.3. The zero-order valence-electron chi connectivity index (χ0n) is 16.1. The summed E-state index contributed by atoms with van der Waals surface area (Å²) >= 11 is 2.39. The predicted molar refractivity (Wildman–Crippen MR) is 115 cm³/mol. The predicted octanol–water partition coefficient (Wildman–Crippen LogP) is 4.61. The first-order valence-corrected chi connectivity index (χ1v) is 10.8. The van der Waals surface area contributed by atoms with Crippen molar-refractivity contribution in [2.75, 3.05) is 16.4 Å². The maximum Gasteiger partial charge on any atom is 0.416 e. The van der Waals surface area contributed by atoms with E-state index < -0.39 is 17.6 Å². The first-order valence-electron chi connectivity index (χ1n) is 9.03. The van der Waals surface area contributed by atoms with Crippen molar-refractivity contribution >= 4 is 45.5 Å². The second-order valence-corrected chi connectivity index (χ2v) is 8.47. The van der Waals surface area contributed by atoms with Crippen LogP contribution < -0.4 is 10.6 Å². The highest BCUT2D eigenvalue weighted by molar-refractivity contribution is 8.01. The number of hydrogen-bond acceptors (Lipinski definition) is 8. The number of para-hydroxylation sites is 1. The van der Waals surface area contributed by atoms with E-state index in [1.54, 1.807) is 0 Å². The zero-order chi connectivity index (χ0) is 22.6. The summed E-state index contributed by atoms with van der Waals surface area (Å²) in [7, 11) is 0. The summed E-state index contributed by atoms with van der Waals surface area (Å²) in [6.45, 7) is 0. The summed E-state index contributed by atoms with van der Waals surface area (Å²) < 4.78 is 41.2. The van der Waals surface area contributed by atoms with Crippen LogP contribution >= 0.6 is 23.1 Å². The van der Waals surface area contributed by atoms with E-state index in [9.17, 15) is 18.0 Å². The number of nitrogens with one attached hydrogen (secondary N) is 2. The first-order chi connectivity index (χ1) is 15.4. The number of anilines is 3. The highest BCUT2D eigenvalue weighted by atomic mass is 32.2. The van der Waals surface area contributed by atoms with Gasteiger partial charge >= 0.3 is 6.18 Å². The number of benzene rings is 2. The molecule has 0 bridgehead atoms. The van der Waals surface area contributed by atoms with E-state index in [0.29, 0.717) is 9.47 Å². The van der Waals surface area contributed by atoms with E-state index in [4.69, 9.17) is 0 Å². The molecule has 0 spiro atoms. The Balaban J connectivity index is 1.43. The molecule has 4 aromatic rings. The van der Waals surface area contributed by atoms with Gasteiger partial charge in [-0.3, -0.25) is 4.79 Å². The van der Waals surface area contributed by atoms with Crippen LogP contribution in [0.2, 0.25) is 0 Å². The molecule has 13 heteroatoms. The molecule has 0 radical (unpaired) electrons. The second kappa shape index (κ2) is 9.36. The third-order valence-corrected chi connectivity index (χ3v) is 5.99. The molecule has 0 aliphatic carbocycles. The lowest BCUT2D eigenvalue weighted by Crippen LogP contribution is -2.17. The van der Waals surface area contributed by atoms with Gasteiger partial charge in [-0.15, -0.1) is 10.2 Å². The molecular weight excluding hydrogens is 463 g/mol. The third kappa shape index (κ3) is 5.42. The molecule has 2 aromatic carbocycles. The number of hydrogen-bond donors (Lipinski definition) is 2. The number of rotatable bonds is 7. The van der Waals surface area contributed by atoms with E-state index in [0.717, 1.165) is 29.6 Å². The summed E-state index contributed by atoms with van der Waals surface area (Å²) in [5, 5.41) is 18.1. The fourth-order valence-electron chi connectivity index (χ4n) is 2.62. The summed E-state index contributed by atoms with van der Waals surface area (Å²) in [4.78, 5) is 16.2. The van der Waals surface area contributed by atoms with Crippen LogP contribution in [0.5, 0.6) is 0 Å². The summed E-state index contributed by atoms with van der Waals surface area (Å²) in [6.07, 6.45) is -1.98. The average molecular weight is 477 g/mol. The van der Waals surface area contributed by atoms with Crippen LogP contribution in [0.3, 0.4) is 0 Å². The molecule has 8 nitrogen and oxygen atoms in total. The van der Waals surface area contributed by atoms with Crippen molar-refractivity contribution in [3.63, 3.8) is 0 Å². The van der Waals surface area contributed by atoms with Crippen molar-refractivity contribution in [1.82, 2.24) is 25.0 Å². The molecule has 0 atom stereocenters. The Kier molecular flexibility index (Phi) is 6.37. The minimum atomic E-state index is -4.55. The quantitative estimate of drug-likeness (QED) is 0.375. The lowest BCUT2D eigenvalue weighted by Gasteiger charge is -2.14. The molecular formula is C19H14F3N7OS2. The Morgan fingerprint density at radius 1 is 1.12 bits per heavy atom. The van der Waals surface area contributed by atoms with Crippen molar-refractivity contribution < 1.29 is 18.0 Å². The van der Waals surface area contributed by atoms with Crippen LogP contribution in [0.25, 0.3) is 5.69 Å². The zero-order valence-corrected chi connectivity index (χ0v) is 17.7. The van der Waals surface area contributed by atoms with Crippen LogP contribution in [-0.2, 0) is 11.0 Å². The summed E-state index contributed by atoms with van der Waals surface area (Å²) in [5.41, 5.74) is 0.201. The van der Waals surface area contributed by atoms with Gasteiger partial charge in [-0.05, 0) is 30.3 Å². The molecule has 1 amide bonds. The van der Waals surface area contributed by atoms with Crippen molar-refractivity contribution in [2.24, 2.45) is 0 Å². The third-order valence-electron chi connectivity index (χ3n) is 4.02. The molecule has 2 heterocycles. The molecule has 164 valence electrons. The van der Waals surface area contributed by atoms with Crippen LogP contribution in [-0.4, -0.2) is 36.6 Å². The van der Waals surface area contributed by atoms with Gasteiger partial charge in [-0.25, -0.2) is 9.67 Å². The fourth-order valence-corrected chi connectivity index (χ4v) is 4.19. The molecule has 2 aromatic heterocycles. The summed E-state index contributed by atoms with van der Waals surface area (Å²) in [5.74, 6) is -0.559. The van der Waals surface area contributed by atoms with Gasteiger partial charge in [0.25, 0.3) is 0 Å². The van der Waals surface area contributed by atoms with Crippen molar-refractivity contribution in [1.29, 1.82) is 0 Å². The lowest BCUT2D eigenvalue weighted by molar-refractivity contribution is -0.137. The number of nitrogens with zero attached hydrogens (tertiary/aromatic N) is 5. The first kappa shape index (κ1) is 21.8. The Morgan fingerprint density at radius 3 is 2.66 bits per heavy atom. The van der Waals surface area contributed by atoms with Gasteiger partial charge in [0.15, 0.2) is 4.34 Å². The number of halogens is 3. The molecule has 0 aliphatic heterocycles. The molecule has 4 rings (SSSR count). The molecule has 2 N–H and O–H groups in total. The smallest absolute Gasteiger partial charge is 0.330 e. The minimum Gasteiger partial charge on any atom is -0.330 e. The topological polar surface area (TPSA) is 97.6 Å². The Hall–Kier alpha value is -3.45. The summed E-state index contributed by atoms with van der Waals surface area (Å²) in [6, 6.07) is 12.4. The molecule has 32 heavy (non-hydrogen) atoms. The van der Waals surface area contributed by atoms with E-state index in [1.165, 1.54) is 34.7 Å². The highest BCUT2D eigenvalue weighted by Crippen LogP contribution is 2.33. The van der Waals surface area contributed by atoms with Crippen LogP contribution in [0.4, 0.5) is 29.7 Å². The number of amides is 1. The van der Waals surface area contributed by atoms with Crippen LogP contribution in [0.15, 0.2) is 65.5 Å². The van der Waals surface area contributed by atoms with Gasteiger partial charge in [-0.1, -0.05) is 41.3 Å². The highest BCUT2D eigenvalue weighted by Gasteiger charge is 2.31. The number of carbonyl (C=O) groups is 1. The standard InChI is InChI=1S/C19H14F3N7OS2/c20-19(21,22)12-6-7-15(29-11-23-10-24-29)14(8-12)26-16(30)9-31-18-28-27-17(32-18)25-13-4-2-1-3-5-13/h1-8,10-11H,9H2,(H,25,27)(H,26,30). The monoisotopic (exact) mass is 477 g/mol. The SMILES string of the molecule is O=C(CSc1nnc(Nc2ccccc2)s1)Nc1cc(C(F)(F)F)ccc1-n1cncn1. The van der Waals surface area contributed by atoms with Crippen molar-refractivity contribution in [2.45, 2.75) is 10.5 Å². The van der Waals surface area contributed by atoms with Crippen molar-refractivity contribution in [3.05, 3.63) is 66.7 Å². The van der Waals surface area contributed by atoms with Gasteiger partial charge < -0.3 is 10.6 Å².